The van der Waals surface area contributed by atoms with E-state index in [1.54, 1.807) is 25.1 Å². The molecule has 0 fully saturated rings. The first-order valence-electron chi connectivity index (χ1n) is 12.0. The van der Waals surface area contributed by atoms with Gasteiger partial charge >= 0.3 is 18.3 Å². The van der Waals surface area contributed by atoms with Gasteiger partial charge in [-0.2, -0.15) is 26.3 Å². The zero-order chi connectivity index (χ0) is 29.8. The number of benzene rings is 3. The van der Waals surface area contributed by atoms with Gasteiger partial charge in [0.15, 0.2) is 6.61 Å². The summed E-state index contributed by atoms with van der Waals surface area (Å²) < 4.78 is 88.7. The summed E-state index contributed by atoms with van der Waals surface area (Å²) in [6.45, 7) is 1.37. The van der Waals surface area contributed by atoms with Crippen molar-refractivity contribution in [2.24, 2.45) is 0 Å². The normalized spacial score (nSPS) is 11.9. The number of thioether (sulfide) groups is 1. The van der Waals surface area contributed by atoms with E-state index in [2.05, 4.69) is 0 Å². The third-order valence-corrected chi connectivity index (χ3v) is 8.27. The van der Waals surface area contributed by atoms with Gasteiger partial charge in [-0.15, -0.1) is 23.1 Å². The molecule has 4 nitrogen and oxygen atoms in total. The number of halogens is 6. The van der Waals surface area contributed by atoms with Crippen LogP contribution in [-0.4, -0.2) is 17.7 Å². The van der Waals surface area contributed by atoms with Crippen molar-refractivity contribution in [2.75, 3.05) is 6.61 Å². The summed E-state index contributed by atoms with van der Waals surface area (Å²) in [4.78, 5) is 13.2. The predicted molar refractivity (Wildman–Crippen MR) is 144 cm³/mol. The highest BCUT2D eigenvalue weighted by Gasteiger charge is 2.31. The van der Waals surface area contributed by atoms with Crippen molar-refractivity contribution in [2.45, 2.75) is 36.5 Å². The largest absolute Gasteiger partial charge is 0.489 e. The number of aliphatic carboxylic acids is 1. The molecule has 0 radical (unpaired) electrons. The Morgan fingerprint density at radius 3 is 2.02 bits per heavy atom. The number of hydrogen-bond acceptors (Lipinski definition) is 5. The minimum atomic E-state index is -4.47. The highest BCUT2D eigenvalue weighted by molar-refractivity contribution is 7.98. The van der Waals surface area contributed by atoms with Crippen LogP contribution in [0.15, 0.2) is 77.7 Å². The molecule has 4 rings (SSSR count). The van der Waals surface area contributed by atoms with Gasteiger partial charge in [-0.05, 0) is 78.7 Å². The van der Waals surface area contributed by atoms with Crippen molar-refractivity contribution in [1.82, 2.24) is 0 Å². The molecule has 4 aromatic rings. The lowest BCUT2D eigenvalue weighted by Crippen LogP contribution is -2.09. The molecule has 0 aliphatic heterocycles. The SMILES string of the molecule is Cc1cc(SCc2sc(-c3ccc(C(F)(F)F)cc3)cc2COc2ccc(C(F)(F)F)cc2)ccc1OCC(=O)O. The molecule has 0 atom stereocenters. The summed E-state index contributed by atoms with van der Waals surface area (Å²) in [5, 5.41) is 8.82. The van der Waals surface area contributed by atoms with Gasteiger partial charge in [0.1, 0.15) is 18.1 Å². The molecule has 1 aromatic heterocycles. The fourth-order valence-corrected chi connectivity index (χ4v) is 6.03. The Balaban J connectivity index is 1.54. The van der Waals surface area contributed by atoms with E-state index in [0.29, 0.717) is 21.9 Å². The third kappa shape index (κ3) is 8.20. The van der Waals surface area contributed by atoms with Crippen LogP contribution in [0.25, 0.3) is 10.4 Å². The van der Waals surface area contributed by atoms with Crippen LogP contribution in [0, 0.1) is 6.92 Å². The maximum Gasteiger partial charge on any atom is 0.416 e. The van der Waals surface area contributed by atoms with Crippen LogP contribution in [0.2, 0.25) is 0 Å². The second-order valence-corrected chi connectivity index (χ2v) is 11.0. The quantitative estimate of drug-likeness (QED) is 0.143. The number of carboxylic acids is 1. The van der Waals surface area contributed by atoms with Gasteiger partial charge in [0.2, 0.25) is 0 Å². The molecule has 3 aromatic carbocycles. The van der Waals surface area contributed by atoms with Gasteiger partial charge in [0, 0.05) is 26.0 Å². The standard InChI is InChI=1S/C29H22F6O4S2/c1-17-12-23(10-11-24(17)39-15-27(36)37)40-16-26-19(14-38-22-8-6-21(7-9-22)29(33,34)35)13-25(41-26)18-2-4-20(5-3-18)28(30,31)32/h2-13H,14-16H2,1H3,(H,36,37). The van der Waals surface area contributed by atoms with E-state index in [1.165, 1.54) is 47.4 Å². The van der Waals surface area contributed by atoms with Crippen LogP contribution in [0.5, 0.6) is 11.5 Å². The number of rotatable bonds is 10. The molecule has 0 saturated carbocycles. The topological polar surface area (TPSA) is 55.8 Å². The van der Waals surface area contributed by atoms with Crippen molar-refractivity contribution in [3.63, 3.8) is 0 Å². The highest BCUT2D eigenvalue weighted by atomic mass is 32.2. The molecule has 0 spiro atoms. The first-order valence-corrected chi connectivity index (χ1v) is 13.8. The zero-order valence-electron chi connectivity index (χ0n) is 21.3. The smallest absolute Gasteiger partial charge is 0.416 e. The fraction of sp³-hybridized carbons (Fsp3) is 0.207. The molecular weight excluding hydrogens is 590 g/mol. The molecule has 0 bridgehead atoms. The van der Waals surface area contributed by atoms with Crippen LogP contribution < -0.4 is 9.47 Å². The highest BCUT2D eigenvalue weighted by Crippen LogP contribution is 2.38. The number of carbonyl (C=O) groups is 1. The molecule has 1 N–H and O–H groups in total. The molecule has 41 heavy (non-hydrogen) atoms. The molecule has 216 valence electrons. The molecule has 1 heterocycles. The van der Waals surface area contributed by atoms with Gasteiger partial charge in [-0.1, -0.05) is 12.1 Å². The lowest BCUT2D eigenvalue weighted by atomic mass is 10.1. The second-order valence-electron chi connectivity index (χ2n) is 8.84. The zero-order valence-corrected chi connectivity index (χ0v) is 22.9. The van der Waals surface area contributed by atoms with Crippen LogP contribution in [0.1, 0.15) is 27.1 Å². The molecule has 0 aliphatic rings. The molecule has 0 unspecified atom stereocenters. The lowest BCUT2D eigenvalue weighted by Gasteiger charge is -2.10. The van der Waals surface area contributed by atoms with E-state index < -0.39 is 36.1 Å². The Morgan fingerprint density at radius 2 is 1.46 bits per heavy atom. The Kier molecular flexibility index (Phi) is 9.23. The van der Waals surface area contributed by atoms with E-state index in [9.17, 15) is 31.1 Å². The maximum absolute atomic E-state index is 13.0. The van der Waals surface area contributed by atoms with Crippen molar-refractivity contribution in [3.05, 3.63) is 99.9 Å². The Bertz CT molecular complexity index is 1490. The third-order valence-electron chi connectivity index (χ3n) is 5.84. The summed E-state index contributed by atoms with van der Waals surface area (Å²) in [7, 11) is 0. The van der Waals surface area contributed by atoms with Crippen LogP contribution in [0.4, 0.5) is 26.3 Å². The Labute approximate surface area is 239 Å². The molecule has 0 saturated heterocycles. The van der Waals surface area contributed by atoms with E-state index in [1.807, 2.05) is 6.07 Å². The lowest BCUT2D eigenvalue weighted by molar-refractivity contribution is -0.139. The summed E-state index contributed by atoms with van der Waals surface area (Å²) in [6, 6.07) is 16.3. The van der Waals surface area contributed by atoms with Crippen molar-refractivity contribution in [3.8, 4) is 21.9 Å². The van der Waals surface area contributed by atoms with Gasteiger partial charge in [0.05, 0.1) is 11.1 Å². The molecule has 12 heteroatoms. The van der Waals surface area contributed by atoms with Crippen molar-refractivity contribution < 1.29 is 45.7 Å². The summed E-state index contributed by atoms with van der Waals surface area (Å²) >= 11 is 2.87. The number of alkyl halides is 6. The second kappa shape index (κ2) is 12.5. The number of thiophene rings is 1. The van der Waals surface area contributed by atoms with E-state index in [4.69, 9.17) is 14.6 Å². The minimum Gasteiger partial charge on any atom is -0.489 e. The Hall–Kier alpha value is -3.64. The summed E-state index contributed by atoms with van der Waals surface area (Å²) in [5.74, 6) is 0.0798. The van der Waals surface area contributed by atoms with Gasteiger partial charge < -0.3 is 14.6 Å². The average molecular weight is 613 g/mol. The summed E-state index contributed by atoms with van der Waals surface area (Å²) in [5.41, 5.74) is 0.530. The molecule has 0 aliphatic carbocycles. The van der Waals surface area contributed by atoms with E-state index in [0.717, 1.165) is 45.2 Å². The van der Waals surface area contributed by atoms with Gasteiger partial charge in [0.25, 0.3) is 0 Å². The number of ether oxygens (including phenoxy) is 2. The first kappa shape index (κ1) is 30.3. The number of hydrogen-bond donors (Lipinski definition) is 1. The monoisotopic (exact) mass is 612 g/mol. The average Bonchev–Trinajstić information content (AvgIpc) is 3.32. The van der Waals surface area contributed by atoms with Crippen LogP contribution >= 0.6 is 23.1 Å². The van der Waals surface area contributed by atoms with Crippen molar-refractivity contribution in [1.29, 1.82) is 0 Å². The Morgan fingerprint density at radius 1 is 0.854 bits per heavy atom. The van der Waals surface area contributed by atoms with Gasteiger partial charge in [-0.3, -0.25) is 0 Å². The van der Waals surface area contributed by atoms with E-state index >= 15 is 0 Å². The summed E-state index contributed by atoms with van der Waals surface area (Å²) in [6.07, 6.45) is -8.92. The fourth-order valence-electron chi connectivity index (χ4n) is 3.74. The number of aryl methyl sites for hydroxylation is 1. The predicted octanol–water partition coefficient (Wildman–Crippen LogP) is 9.10. The van der Waals surface area contributed by atoms with Crippen LogP contribution in [-0.2, 0) is 29.5 Å². The molecule has 0 amide bonds. The van der Waals surface area contributed by atoms with Crippen molar-refractivity contribution >= 4 is 29.1 Å². The maximum atomic E-state index is 13.0. The molecular formula is C29H22F6O4S2. The van der Waals surface area contributed by atoms with Crippen LogP contribution in [0.3, 0.4) is 0 Å². The number of carboxylic acid groups (broad SMARTS) is 1. The first-order chi connectivity index (χ1) is 19.3. The van der Waals surface area contributed by atoms with Gasteiger partial charge in [-0.25, -0.2) is 4.79 Å². The van der Waals surface area contributed by atoms with E-state index in [-0.39, 0.29) is 12.4 Å². The minimum absolute atomic E-state index is 0.0411.